The summed E-state index contributed by atoms with van der Waals surface area (Å²) in [5, 5.41) is 2.59. The van der Waals surface area contributed by atoms with E-state index in [4.69, 9.17) is 9.47 Å². The van der Waals surface area contributed by atoms with E-state index in [0.29, 0.717) is 43.4 Å². The zero-order valence-electron chi connectivity index (χ0n) is 14.4. The van der Waals surface area contributed by atoms with Gasteiger partial charge in [0.15, 0.2) is 11.5 Å². The minimum Gasteiger partial charge on any atom is -0.493 e. The number of para-hydroxylation sites is 1. The lowest BCUT2D eigenvalue weighted by molar-refractivity contribution is 0.184. The summed E-state index contributed by atoms with van der Waals surface area (Å²) in [5.74, 6) is 0.981. The van der Waals surface area contributed by atoms with Crippen molar-refractivity contribution in [2.75, 3.05) is 45.7 Å². The summed E-state index contributed by atoms with van der Waals surface area (Å²) in [6.07, 6.45) is 1.50. The van der Waals surface area contributed by atoms with Crippen molar-refractivity contribution < 1.29 is 22.7 Å². The van der Waals surface area contributed by atoms with E-state index in [1.165, 1.54) is 18.5 Å². The standard InChI is InChI=1S/C16H23N3O5S/c1-23-14-5-3-4-13(15(14)24-2)17-16(20)18-8-10-19(11-9-18)25(21,22)12-6-7-12/h3-5,12H,6-11H2,1-2H3,(H,17,20). The number of hydrogen-bond acceptors (Lipinski definition) is 5. The van der Waals surface area contributed by atoms with Crippen molar-refractivity contribution in [3.05, 3.63) is 18.2 Å². The number of sulfonamides is 1. The highest BCUT2D eigenvalue weighted by molar-refractivity contribution is 7.90. The Hall–Kier alpha value is -2.00. The number of hydrogen-bond donors (Lipinski definition) is 1. The second-order valence-electron chi connectivity index (χ2n) is 6.10. The van der Waals surface area contributed by atoms with E-state index in [2.05, 4.69) is 5.32 Å². The Labute approximate surface area is 147 Å². The van der Waals surface area contributed by atoms with Crippen LogP contribution in [-0.2, 0) is 10.0 Å². The molecule has 0 radical (unpaired) electrons. The molecule has 1 aromatic rings. The second-order valence-corrected chi connectivity index (χ2v) is 8.31. The number of urea groups is 1. The Morgan fingerprint density at radius 1 is 1.12 bits per heavy atom. The third-order valence-corrected chi connectivity index (χ3v) is 6.87. The first kappa shape index (κ1) is 17.8. The van der Waals surface area contributed by atoms with Gasteiger partial charge >= 0.3 is 6.03 Å². The molecule has 25 heavy (non-hydrogen) atoms. The van der Waals surface area contributed by atoms with Gasteiger partial charge in [-0.2, -0.15) is 4.31 Å². The van der Waals surface area contributed by atoms with Crippen LogP contribution in [0.1, 0.15) is 12.8 Å². The van der Waals surface area contributed by atoms with Crippen molar-refractivity contribution >= 4 is 21.7 Å². The highest BCUT2D eigenvalue weighted by Gasteiger charge is 2.41. The number of rotatable bonds is 5. The summed E-state index contributed by atoms with van der Waals surface area (Å²) in [6, 6.07) is 4.95. The average Bonchev–Trinajstić information content (AvgIpc) is 3.47. The minimum absolute atomic E-state index is 0.214. The first-order valence-corrected chi connectivity index (χ1v) is 9.73. The summed E-state index contributed by atoms with van der Waals surface area (Å²) in [5.41, 5.74) is 0.514. The van der Waals surface area contributed by atoms with Gasteiger partial charge in [0.05, 0.1) is 25.2 Å². The van der Waals surface area contributed by atoms with Crippen LogP contribution in [-0.4, -0.2) is 69.3 Å². The quantitative estimate of drug-likeness (QED) is 0.846. The van der Waals surface area contributed by atoms with Gasteiger partial charge in [-0.25, -0.2) is 13.2 Å². The summed E-state index contributed by atoms with van der Waals surface area (Å²) in [4.78, 5) is 14.1. The number of amides is 2. The Kier molecular flexibility index (Phi) is 5.05. The van der Waals surface area contributed by atoms with Crippen molar-refractivity contribution in [1.82, 2.24) is 9.21 Å². The monoisotopic (exact) mass is 369 g/mol. The molecule has 1 saturated heterocycles. The second kappa shape index (κ2) is 7.09. The van der Waals surface area contributed by atoms with E-state index in [1.807, 2.05) is 0 Å². The van der Waals surface area contributed by atoms with Gasteiger partial charge in [0, 0.05) is 26.2 Å². The van der Waals surface area contributed by atoms with Crippen LogP contribution in [0.3, 0.4) is 0 Å². The number of ether oxygens (including phenoxy) is 2. The zero-order chi connectivity index (χ0) is 18.0. The van der Waals surface area contributed by atoms with E-state index in [9.17, 15) is 13.2 Å². The predicted molar refractivity (Wildman–Crippen MR) is 93.7 cm³/mol. The van der Waals surface area contributed by atoms with Gasteiger partial charge in [0.2, 0.25) is 10.0 Å². The minimum atomic E-state index is -3.18. The van der Waals surface area contributed by atoms with Crippen LogP contribution in [0.15, 0.2) is 18.2 Å². The summed E-state index contributed by atoms with van der Waals surface area (Å²) in [7, 11) is -0.138. The lowest BCUT2D eigenvalue weighted by Crippen LogP contribution is -2.52. The van der Waals surface area contributed by atoms with Gasteiger partial charge < -0.3 is 19.7 Å². The Morgan fingerprint density at radius 2 is 1.80 bits per heavy atom. The van der Waals surface area contributed by atoms with Crippen LogP contribution in [0.4, 0.5) is 10.5 Å². The molecule has 0 bridgehead atoms. The molecule has 138 valence electrons. The van der Waals surface area contributed by atoms with Crippen molar-refractivity contribution in [3.63, 3.8) is 0 Å². The third-order valence-electron chi connectivity index (χ3n) is 4.48. The summed E-state index contributed by atoms with van der Waals surface area (Å²) >= 11 is 0. The fraction of sp³-hybridized carbons (Fsp3) is 0.562. The fourth-order valence-corrected chi connectivity index (χ4v) is 4.73. The fourth-order valence-electron chi connectivity index (χ4n) is 2.90. The number of nitrogens with zero attached hydrogens (tertiary/aromatic N) is 2. The molecule has 1 aliphatic carbocycles. The Bertz CT molecular complexity index is 740. The van der Waals surface area contributed by atoms with E-state index >= 15 is 0 Å². The first-order valence-electron chi connectivity index (χ1n) is 8.23. The number of methoxy groups -OCH3 is 2. The molecule has 1 aliphatic heterocycles. The van der Waals surface area contributed by atoms with E-state index < -0.39 is 10.0 Å². The number of anilines is 1. The molecule has 2 fully saturated rings. The molecule has 0 aromatic heterocycles. The van der Waals surface area contributed by atoms with E-state index in [-0.39, 0.29) is 11.3 Å². The van der Waals surface area contributed by atoms with Gasteiger partial charge in [-0.1, -0.05) is 6.07 Å². The largest absolute Gasteiger partial charge is 0.493 e. The van der Waals surface area contributed by atoms with Crippen LogP contribution in [0.2, 0.25) is 0 Å². The van der Waals surface area contributed by atoms with Crippen LogP contribution < -0.4 is 14.8 Å². The van der Waals surface area contributed by atoms with Crippen molar-refractivity contribution in [2.24, 2.45) is 0 Å². The molecule has 1 N–H and O–H groups in total. The van der Waals surface area contributed by atoms with Gasteiger partial charge in [-0.15, -0.1) is 0 Å². The molecule has 3 rings (SSSR count). The number of carbonyl (C=O) groups is 1. The molecule has 1 heterocycles. The van der Waals surface area contributed by atoms with Crippen molar-refractivity contribution in [2.45, 2.75) is 18.1 Å². The van der Waals surface area contributed by atoms with Crippen molar-refractivity contribution in [3.8, 4) is 11.5 Å². The van der Waals surface area contributed by atoms with Crippen LogP contribution in [0, 0.1) is 0 Å². The normalized spacial score (nSPS) is 18.7. The number of carbonyl (C=O) groups excluding carboxylic acids is 1. The molecular weight excluding hydrogens is 346 g/mol. The zero-order valence-corrected chi connectivity index (χ0v) is 15.2. The highest BCUT2D eigenvalue weighted by atomic mass is 32.2. The van der Waals surface area contributed by atoms with Crippen molar-refractivity contribution in [1.29, 1.82) is 0 Å². The van der Waals surface area contributed by atoms with Gasteiger partial charge in [0.25, 0.3) is 0 Å². The third kappa shape index (κ3) is 3.67. The van der Waals surface area contributed by atoms with Crippen LogP contribution in [0.5, 0.6) is 11.5 Å². The summed E-state index contributed by atoms with van der Waals surface area (Å²) < 4.78 is 36.5. The lowest BCUT2D eigenvalue weighted by atomic mass is 10.2. The van der Waals surface area contributed by atoms with E-state index in [0.717, 1.165) is 12.8 Å². The van der Waals surface area contributed by atoms with E-state index in [1.54, 1.807) is 23.1 Å². The maximum absolute atomic E-state index is 12.5. The smallest absolute Gasteiger partial charge is 0.322 e. The number of nitrogens with one attached hydrogen (secondary N) is 1. The molecule has 2 aliphatic rings. The molecule has 1 saturated carbocycles. The van der Waals surface area contributed by atoms with Gasteiger partial charge in [-0.3, -0.25) is 0 Å². The van der Waals surface area contributed by atoms with Gasteiger partial charge in [0.1, 0.15) is 0 Å². The molecular formula is C16H23N3O5S. The molecule has 0 atom stereocenters. The lowest BCUT2D eigenvalue weighted by Gasteiger charge is -2.34. The Morgan fingerprint density at radius 3 is 2.36 bits per heavy atom. The van der Waals surface area contributed by atoms with Crippen LogP contribution in [0.25, 0.3) is 0 Å². The maximum atomic E-state index is 12.5. The average molecular weight is 369 g/mol. The number of benzene rings is 1. The highest BCUT2D eigenvalue weighted by Crippen LogP contribution is 2.35. The first-order chi connectivity index (χ1) is 12.0. The van der Waals surface area contributed by atoms with Crippen LogP contribution >= 0.6 is 0 Å². The number of piperazine rings is 1. The molecule has 2 amide bonds. The molecule has 1 aromatic carbocycles. The topological polar surface area (TPSA) is 88.2 Å². The SMILES string of the molecule is COc1cccc(NC(=O)N2CCN(S(=O)(=O)C3CC3)CC2)c1OC. The maximum Gasteiger partial charge on any atom is 0.322 e. The Balaban J connectivity index is 1.62. The predicted octanol–water partition coefficient (Wildman–Crippen LogP) is 1.35. The molecule has 9 heteroatoms. The molecule has 8 nitrogen and oxygen atoms in total. The molecule has 0 unspecified atom stereocenters. The van der Waals surface area contributed by atoms with Gasteiger partial charge in [-0.05, 0) is 25.0 Å². The molecule has 0 spiro atoms. The summed E-state index contributed by atoms with van der Waals surface area (Å²) in [6.45, 7) is 1.40.